The quantitative estimate of drug-likeness (QED) is 0.331. The number of aromatic nitrogens is 1. The summed E-state index contributed by atoms with van der Waals surface area (Å²) < 4.78 is 42.3. The number of benzene rings is 1. The summed E-state index contributed by atoms with van der Waals surface area (Å²) >= 11 is 0. The highest BCUT2D eigenvalue weighted by molar-refractivity contribution is 6.74. The lowest BCUT2D eigenvalue weighted by atomic mass is 9.89. The SMILES string of the molecule is C=CC1(c2cc(C(C)(C)O[Si](C)(C)C(C)(C)C)c(F)c(-c3ccc(F)cc3)n2)CCCO1. The van der Waals surface area contributed by atoms with Crippen LogP contribution in [0.25, 0.3) is 11.3 Å². The smallest absolute Gasteiger partial charge is 0.193 e. The number of pyridine rings is 1. The van der Waals surface area contributed by atoms with Crippen LogP contribution in [0.1, 0.15) is 58.7 Å². The van der Waals surface area contributed by atoms with E-state index in [0.717, 1.165) is 12.8 Å². The first-order chi connectivity index (χ1) is 14.7. The van der Waals surface area contributed by atoms with Gasteiger partial charge in [0.1, 0.15) is 17.1 Å². The van der Waals surface area contributed by atoms with Gasteiger partial charge in [-0.25, -0.2) is 13.8 Å². The molecule has 0 radical (unpaired) electrons. The minimum absolute atomic E-state index is 0.0344. The first-order valence-corrected chi connectivity index (χ1v) is 14.1. The fourth-order valence-corrected chi connectivity index (χ4v) is 5.65. The largest absolute Gasteiger partial charge is 0.408 e. The molecule has 1 aromatic carbocycles. The van der Waals surface area contributed by atoms with E-state index >= 15 is 4.39 Å². The summed E-state index contributed by atoms with van der Waals surface area (Å²) in [5.74, 6) is -0.838. The van der Waals surface area contributed by atoms with E-state index in [-0.39, 0.29) is 16.5 Å². The normalized spacial score (nSPS) is 19.9. The Morgan fingerprint density at radius 1 is 1.12 bits per heavy atom. The fourth-order valence-electron chi connectivity index (χ4n) is 3.96. The molecule has 3 rings (SSSR count). The van der Waals surface area contributed by atoms with Crippen LogP contribution in [-0.4, -0.2) is 19.9 Å². The number of nitrogens with zero attached hydrogens (tertiary/aromatic N) is 1. The van der Waals surface area contributed by atoms with E-state index in [1.165, 1.54) is 12.1 Å². The van der Waals surface area contributed by atoms with Crippen LogP contribution in [0.15, 0.2) is 43.0 Å². The van der Waals surface area contributed by atoms with Crippen LogP contribution < -0.4 is 0 Å². The fraction of sp³-hybridized carbons (Fsp3) is 0.500. The number of hydrogen-bond donors (Lipinski definition) is 0. The van der Waals surface area contributed by atoms with E-state index in [0.29, 0.717) is 23.4 Å². The Morgan fingerprint density at radius 2 is 1.75 bits per heavy atom. The van der Waals surface area contributed by atoms with Gasteiger partial charge in [0.25, 0.3) is 0 Å². The van der Waals surface area contributed by atoms with Crippen molar-refractivity contribution in [3.05, 3.63) is 65.9 Å². The summed E-state index contributed by atoms with van der Waals surface area (Å²) in [6.07, 6.45) is 3.34. The van der Waals surface area contributed by atoms with Gasteiger partial charge in [-0.3, -0.25) is 0 Å². The summed E-state index contributed by atoms with van der Waals surface area (Å²) in [6, 6.07) is 7.49. The molecule has 0 saturated carbocycles. The predicted octanol–water partition coefficient (Wildman–Crippen LogP) is 7.48. The Labute approximate surface area is 192 Å². The molecule has 1 atom stereocenters. The molecule has 2 aromatic rings. The molecule has 1 aliphatic heterocycles. The number of rotatable bonds is 6. The number of hydrogen-bond acceptors (Lipinski definition) is 3. The number of ether oxygens (including phenoxy) is 1. The lowest BCUT2D eigenvalue weighted by Crippen LogP contribution is -2.46. The third-order valence-corrected chi connectivity index (χ3v) is 11.5. The van der Waals surface area contributed by atoms with Gasteiger partial charge in [-0.15, -0.1) is 0 Å². The van der Waals surface area contributed by atoms with Crippen LogP contribution in [0, 0.1) is 11.6 Å². The first-order valence-electron chi connectivity index (χ1n) is 11.2. The second kappa shape index (κ2) is 8.47. The van der Waals surface area contributed by atoms with Gasteiger partial charge in [0, 0.05) is 17.7 Å². The third kappa shape index (κ3) is 4.59. The van der Waals surface area contributed by atoms with Gasteiger partial charge in [0.15, 0.2) is 14.1 Å². The van der Waals surface area contributed by atoms with Gasteiger partial charge in [-0.05, 0) is 75.2 Å². The second-order valence-corrected chi connectivity index (χ2v) is 15.4. The molecular weight excluding hydrogens is 424 g/mol. The molecule has 1 saturated heterocycles. The highest BCUT2D eigenvalue weighted by Crippen LogP contribution is 2.45. The van der Waals surface area contributed by atoms with Gasteiger partial charge >= 0.3 is 0 Å². The molecule has 6 heteroatoms. The minimum Gasteiger partial charge on any atom is -0.408 e. The van der Waals surface area contributed by atoms with E-state index in [2.05, 4.69) is 45.4 Å². The van der Waals surface area contributed by atoms with Crippen LogP contribution in [0.2, 0.25) is 18.1 Å². The van der Waals surface area contributed by atoms with Crippen LogP contribution in [-0.2, 0) is 20.4 Å². The molecule has 0 amide bonds. The molecule has 0 bridgehead atoms. The first kappa shape index (κ1) is 24.7. The van der Waals surface area contributed by atoms with Crippen molar-refractivity contribution >= 4 is 8.32 Å². The van der Waals surface area contributed by atoms with Crippen LogP contribution in [0.3, 0.4) is 0 Å². The Kier molecular flexibility index (Phi) is 6.55. The maximum atomic E-state index is 16.0. The van der Waals surface area contributed by atoms with E-state index in [1.54, 1.807) is 24.3 Å². The molecule has 174 valence electrons. The van der Waals surface area contributed by atoms with Crippen molar-refractivity contribution in [2.24, 2.45) is 0 Å². The monoisotopic (exact) mass is 459 g/mol. The van der Waals surface area contributed by atoms with E-state index in [9.17, 15) is 4.39 Å². The Balaban J connectivity index is 2.23. The summed E-state index contributed by atoms with van der Waals surface area (Å²) in [6.45, 7) is 19.2. The Morgan fingerprint density at radius 3 is 2.25 bits per heavy atom. The topological polar surface area (TPSA) is 31.4 Å². The molecule has 3 nitrogen and oxygen atoms in total. The molecule has 0 aliphatic carbocycles. The molecule has 32 heavy (non-hydrogen) atoms. The molecule has 1 unspecified atom stereocenters. The average Bonchev–Trinajstić information content (AvgIpc) is 3.17. The highest BCUT2D eigenvalue weighted by atomic mass is 28.4. The maximum Gasteiger partial charge on any atom is 0.193 e. The van der Waals surface area contributed by atoms with Crippen LogP contribution in [0.5, 0.6) is 0 Å². The minimum atomic E-state index is -2.21. The van der Waals surface area contributed by atoms with Gasteiger partial charge in [0.05, 0.1) is 11.3 Å². The molecule has 1 aromatic heterocycles. The van der Waals surface area contributed by atoms with Gasteiger partial charge in [0.2, 0.25) is 0 Å². The summed E-state index contributed by atoms with van der Waals surface area (Å²) in [7, 11) is -2.21. The van der Waals surface area contributed by atoms with Gasteiger partial charge in [-0.2, -0.15) is 0 Å². The predicted molar refractivity (Wildman–Crippen MR) is 128 cm³/mol. The van der Waals surface area contributed by atoms with Crippen molar-refractivity contribution in [1.29, 1.82) is 0 Å². The molecule has 0 spiro atoms. The Hall–Kier alpha value is -1.89. The average molecular weight is 460 g/mol. The van der Waals surface area contributed by atoms with E-state index in [1.807, 2.05) is 13.8 Å². The molecule has 2 heterocycles. The molecule has 1 aliphatic rings. The van der Waals surface area contributed by atoms with Gasteiger partial charge < -0.3 is 9.16 Å². The van der Waals surface area contributed by atoms with E-state index in [4.69, 9.17) is 9.16 Å². The zero-order valence-electron chi connectivity index (χ0n) is 20.3. The summed E-state index contributed by atoms with van der Waals surface area (Å²) in [4.78, 5) is 4.68. The summed E-state index contributed by atoms with van der Waals surface area (Å²) in [5, 5.41) is -0.0344. The lowest BCUT2D eigenvalue weighted by molar-refractivity contribution is 0.0385. The van der Waals surface area contributed by atoms with Crippen molar-refractivity contribution < 1.29 is 17.9 Å². The Bertz CT molecular complexity index is 988. The van der Waals surface area contributed by atoms with Crippen molar-refractivity contribution in [3.63, 3.8) is 0 Å². The zero-order valence-corrected chi connectivity index (χ0v) is 21.3. The third-order valence-electron chi connectivity index (χ3n) is 6.86. The lowest BCUT2D eigenvalue weighted by Gasteiger charge is -2.43. The van der Waals surface area contributed by atoms with Crippen LogP contribution >= 0.6 is 0 Å². The van der Waals surface area contributed by atoms with Gasteiger partial charge in [-0.1, -0.05) is 33.4 Å². The molecular formula is C26H35F2NO2Si. The second-order valence-electron chi connectivity index (χ2n) is 10.6. The molecule has 1 fully saturated rings. The van der Waals surface area contributed by atoms with Crippen molar-refractivity contribution in [1.82, 2.24) is 4.98 Å². The standard InChI is InChI=1S/C26H35F2NO2Si/c1-9-26(15-10-16-30-26)21-17-20(25(5,6)31-32(7,8)24(2,3)4)22(28)23(29-21)18-11-13-19(27)14-12-18/h9,11-14,17H,1,10,15-16H2,2-8H3. The van der Waals surface area contributed by atoms with Crippen LogP contribution in [0.4, 0.5) is 8.78 Å². The van der Waals surface area contributed by atoms with Crippen molar-refractivity contribution in [2.75, 3.05) is 6.61 Å². The maximum absolute atomic E-state index is 16.0. The molecule has 0 N–H and O–H groups in total. The van der Waals surface area contributed by atoms with Crippen molar-refractivity contribution in [2.45, 2.75) is 76.8 Å². The number of halogens is 2. The van der Waals surface area contributed by atoms with Crippen molar-refractivity contribution in [3.8, 4) is 11.3 Å². The van der Waals surface area contributed by atoms with E-state index < -0.39 is 25.3 Å². The zero-order chi connectivity index (χ0) is 23.9. The highest BCUT2D eigenvalue weighted by Gasteiger charge is 2.44. The summed E-state index contributed by atoms with van der Waals surface area (Å²) in [5.41, 5.74) is 0.0228.